The number of nitrogens with one attached hydrogen (secondary N) is 1. The maximum absolute atomic E-state index is 4.31. The SMILES string of the molecule is c1cncc(CN2CNc3ncccc3C2)c1. The Kier molecular flexibility index (Phi) is 2.71. The minimum atomic E-state index is 0.832. The van der Waals surface area contributed by atoms with Crippen LogP contribution < -0.4 is 5.32 Å². The van der Waals surface area contributed by atoms with Crippen molar-refractivity contribution < 1.29 is 0 Å². The molecule has 0 unspecified atom stereocenters. The third-order valence-electron chi connectivity index (χ3n) is 2.88. The van der Waals surface area contributed by atoms with Crippen LogP contribution in [0.4, 0.5) is 5.82 Å². The van der Waals surface area contributed by atoms with Crippen LogP contribution in [0.25, 0.3) is 0 Å². The van der Waals surface area contributed by atoms with Gasteiger partial charge in [0.15, 0.2) is 0 Å². The van der Waals surface area contributed by atoms with Crippen LogP contribution in [-0.4, -0.2) is 21.5 Å². The second-order valence-corrected chi connectivity index (χ2v) is 4.19. The lowest BCUT2D eigenvalue weighted by Gasteiger charge is -2.28. The van der Waals surface area contributed by atoms with Crippen LogP contribution >= 0.6 is 0 Å². The van der Waals surface area contributed by atoms with Gasteiger partial charge in [0.05, 0.1) is 6.67 Å². The number of aromatic nitrogens is 2. The topological polar surface area (TPSA) is 41.1 Å². The summed E-state index contributed by atoms with van der Waals surface area (Å²) in [5, 5.41) is 3.33. The van der Waals surface area contributed by atoms with Crippen molar-refractivity contribution in [3.05, 3.63) is 54.0 Å². The molecule has 1 aliphatic rings. The number of hydrogen-bond acceptors (Lipinski definition) is 4. The van der Waals surface area contributed by atoms with Gasteiger partial charge in [0.2, 0.25) is 0 Å². The molecule has 17 heavy (non-hydrogen) atoms. The van der Waals surface area contributed by atoms with Gasteiger partial charge in [-0.1, -0.05) is 12.1 Å². The molecule has 1 N–H and O–H groups in total. The van der Waals surface area contributed by atoms with Gasteiger partial charge < -0.3 is 5.32 Å². The minimum Gasteiger partial charge on any atom is -0.357 e. The number of anilines is 1. The fraction of sp³-hybridized carbons (Fsp3) is 0.231. The number of hydrogen-bond donors (Lipinski definition) is 1. The first-order chi connectivity index (χ1) is 8.42. The lowest BCUT2D eigenvalue weighted by molar-refractivity contribution is 0.266. The van der Waals surface area contributed by atoms with Crippen molar-refractivity contribution >= 4 is 5.82 Å². The fourth-order valence-electron chi connectivity index (χ4n) is 2.07. The number of nitrogens with zero attached hydrogens (tertiary/aromatic N) is 3. The highest BCUT2D eigenvalue weighted by Gasteiger charge is 2.15. The summed E-state index contributed by atoms with van der Waals surface area (Å²) >= 11 is 0. The van der Waals surface area contributed by atoms with E-state index in [2.05, 4.69) is 32.3 Å². The molecule has 1 aliphatic heterocycles. The molecule has 0 saturated heterocycles. The van der Waals surface area contributed by atoms with Gasteiger partial charge in [0, 0.05) is 37.2 Å². The molecular formula is C13H14N4. The normalized spacial score (nSPS) is 15.1. The van der Waals surface area contributed by atoms with Crippen molar-refractivity contribution in [2.45, 2.75) is 13.1 Å². The molecule has 0 aliphatic carbocycles. The van der Waals surface area contributed by atoms with Gasteiger partial charge in [0.1, 0.15) is 5.82 Å². The van der Waals surface area contributed by atoms with Gasteiger partial charge in [-0.2, -0.15) is 0 Å². The average Bonchev–Trinajstić information content (AvgIpc) is 2.40. The van der Waals surface area contributed by atoms with Crippen molar-refractivity contribution in [2.75, 3.05) is 12.0 Å². The van der Waals surface area contributed by atoms with Gasteiger partial charge in [-0.15, -0.1) is 0 Å². The second-order valence-electron chi connectivity index (χ2n) is 4.19. The summed E-state index contributed by atoms with van der Waals surface area (Å²) in [6, 6.07) is 8.17. The Morgan fingerprint density at radius 1 is 1.24 bits per heavy atom. The monoisotopic (exact) mass is 226 g/mol. The fourth-order valence-corrected chi connectivity index (χ4v) is 2.07. The van der Waals surface area contributed by atoms with Gasteiger partial charge in [-0.25, -0.2) is 4.98 Å². The number of fused-ring (bicyclic) bond motifs is 1. The Balaban J connectivity index is 1.72. The van der Waals surface area contributed by atoms with Crippen LogP contribution in [-0.2, 0) is 13.1 Å². The maximum atomic E-state index is 4.31. The molecule has 0 saturated carbocycles. The van der Waals surface area contributed by atoms with Crippen LogP contribution in [0.3, 0.4) is 0 Å². The first kappa shape index (κ1) is 10.2. The van der Waals surface area contributed by atoms with Crippen LogP contribution in [0.1, 0.15) is 11.1 Å². The maximum Gasteiger partial charge on any atom is 0.131 e. The molecule has 3 heterocycles. The van der Waals surface area contributed by atoms with Crippen molar-refractivity contribution in [1.29, 1.82) is 0 Å². The van der Waals surface area contributed by atoms with E-state index in [-0.39, 0.29) is 0 Å². The second kappa shape index (κ2) is 4.51. The molecule has 0 amide bonds. The van der Waals surface area contributed by atoms with E-state index in [0.29, 0.717) is 0 Å². The summed E-state index contributed by atoms with van der Waals surface area (Å²) in [5.74, 6) is 1.01. The van der Waals surface area contributed by atoms with Crippen LogP contribution in [0, 0.1) is 0 Å². The molecule has 4 heteroatoms. The third kappa shape index (κ3) is 2.26. The minimum absolute atomic E-state index is 0.832. The summed E-state index contributed by atoms with van der Waals surface area (Å²) in [4.78, 5) is 10.8. The summed E-state index contributed by atoms with van der Waals surface area (Å²) in [6.45, 7) is 2.68. The first-order valence-electron chi connectivity index (χ1n) is 5.71. The highest BCUT2D eigenvalue weighted by molar-refractivity contribution is 5.45. The lowest BCUT2D eigenvalue weighted by atomic mass is 10.2. The number of rotatable bonds is 2. The Labute approximate surface area is 100 Å². The number of pyridine rings is 2. The summed E-state index contributed by atoms with van der Waals surface area (Å²) in [6.07, 6.45) is 5.54. The molecule has 0 radical (unpaired) electrons. The molecule has 2 aromatic rings. The largest absolute Gasteiger partial charge is 0.357 e. The standard InChI is InChI=1S/C13H14N4/c1-3-11(7-14-5-1)8-17-9-12-4-2-6-15-13(12)16-10-17/h1-7H,8-10H2,(H,15,16). The van der Waals surface area contributed by atoms with Crippen LogP contribution in [0.5, 0.6) is 0 Å². The zero-order valence-corrected chi connectivity index (χ0v) is 9.50. The van der Waals surface area contributed by atoms with Crippen LogP contribution in [0.2, 0.25) is 0 Å². The zero-order valence-electron chi connectivity index (χ0n) is 9.50. The van der Waals surface area contributed by atoms with E-state index in [9.17, 15) is 0 Å². The van der Waals surface area contributed by atoms with E-state index in [1.807, 2.05) is 24.5 Å². The van der Waals surface area contributed by atoms with Gasteiger partial charge in [-0.05, 0) is 17.7 Å². The Bertz CT molecular complexity index is 498. The summed E-state index contributed by atoms with van der Waals surface area (Å²) in [7, 11) is 0. The van der Waals surface area contributed by atoms with Gasteiger partial charge in [-0.3, -0.25) is 9.88 Å². The van der Waals surface area contributed by atoms with Gasteiger partial charge in [0.25, 0.3) is 0 Å². The molecule has 0 spiro atoms. The first-order valence-corrected chi connectivity index (χ1v) is 5.71. The van der Waals surface area contributed by atoms with Crippen molar-refractivity contribution in [3.63, 3.8) is 0 Å². The van der Waals surface area contributed by atoms with E-state index < -0.39 is 0 Å². The molecule has 4 nitrogen and oxygen atoms in total. The third-order valence-corrected chi connectivity index (χ3v) is 2.88. The molecule has 0 aromatic carbocycles. The predicted molar refractivity (Wildman–Crippen MR) is 66.2 cm³/mol. The van der Waals surface area contributed by atoms with Crippen molar-refractivity contribution in [2.24, 2.45) is 0 Å². The summed E-state index contributed by atoms with van der Waals surface area (Å²) < 4.78 is 0. The summed E-state index contributed by atoms with van der Waals surface area (Å²) in [5.41, 5.74) is 2.49. The highest BCUT2D eigenvalue weighted by atomic mass is 15.3. The molecule has 0 fully saturated rings. The Morgan fingerprint density at radius 3 is 3.06 bits per heavy atom. The van der Waals surface area contributed by atoms with E-state index in [4.69, 9.17) is 0 Å². The van der Waals surface area contributed by atoms with E-state index in [0.717, 1.165) is 25.6 Å². The molecule has 0 bridgehead atoms. The van der Waals surface area contributed by atoms with E-state index in [1.54, 1.807) is 6.20 Å². The molecule has 3 rings (SSSR count). The highest BCUT2D eigenvalue weighted by Crippen LogP contribution is 2.19. The quantitative estimate of drug-likeness (QED) is 0.848. The Morgan fingerprint density at radius 2 is 2.18 bits per heavy atom. The molecule has 2 aromatic heterocycles. The average molecular weight is 226 g/mol. The van der Waals surface area contributed by atoms with E-state index >= 15 is 0 Å². The smallest absolute Gasteiger partial charge is 0.131 e. The molecular weight excluding hydrogens is 212 g/mol. The zero-order chi connectivity index (χ0) is 11.5. The Hall–Kier alpha value is -1.94. The van der Waals surface area contributed by atoms with Crippen molar-refractivity contribution in [3.8, 4) is 0 Å². The van der Waals surface area contributed by atoms with Gasteiger partial charge >= 0.3 is 0 Å². The van der Waals surface area contributed by atoms with E-state index in [1.165, 1.54) is 11.1 Å². The molecule has 0 atom stereocenters. The molecule has 86 valence electrons. The van der Waals surface area contributed by atoms with Crippen molar-refractivity contribution in [1.82, 2.24) is 14.9 Å². The predicted octanol–water partition coefficient (Wildman–Crippen LogP) is 1.86. The van der Waals surface area contributed by atoms with Crippen LogP contribution in [0.15, 0.2) is 42.9 Å². The lowest BCUT2D eigenvalue weighted by Crippen LogP contribution is -2.33.